The van der Waals surface area contributed by atoms with Crippen LogP contribution in [-0.4, -0.2) is 32.6 Å². The minimum atomic E-state index is -0.516. The van der Waals surface area contributed by atoms with Gasteiger partial charge in [0.15, 0.2) is 11.2 Å². The molecule has 350 valence electrons. The molecule has 1 aliphatic carbocycles. The normalized spacial score (nSPS) is 13.8. The van der Waals surface area contributed by atoms with Crippen LogP contribution in [0.2, 0.25) is 10.0 Å². The molecule has 8 nitrogen and oxygen atoms in total. The summed E-state index contributed by atoms with van der Waals surface area (Å²) in [4.78, 5) is 10.2. The molecule has 4 aromatic heterocycles. The molecule has 7 aromatic carbocycles. The quantitative estimate of drug-likeness (QED) is 0.126. The van der Waals surface area contributed by atoms with Crippen LogP contribution >= 0.6 is 23.2 Å². The molecule has 0 radical (unpaired) electrons. The Hall–Kier alpha value is -8.27. The number of oxazole rings is 2. The van der Waals surface area contributed by atoms with E-state index < -0.39 is 13.7 Å². The molecule has 1 fully saturated rings. The number of fused-ring (bicyclic) bond motifs is 3. The Morgan fingerprint density at radius 1 is 0.534 bits per heavy atom. The van der Waals surface area contributed by atoms with Gasteiger partial charge in [-0.3, -0.25) is 0 Å². The van der Waals surface area contributed by atoms with Crippen molar-refractivity contribution in [3.8, 4) is 23.4 Å². The number of halogens is 2. The summed E-state index contributed by atoms with van der Waals surface area (Å²) >= 11 is 13.2. The second kappa shape index (κ2) is 19.4. The number of nitriles is 2. The first-order valence-corrected chi connectivity index (χ1v) is 25.4. The number of aryl methyl sites for hydroxylation is 1. The number of aromatic nitrogens is 4. The minimum absolute atomic E-state index is 0.0177. The van der Waals surface area contributed by atoms with Crippen molar-refractivity contribution < 1.29 is 8.83 Å². The molecule has 12 rings (SSSR count). The Labute approximate surface area is 432 Å². The predicted molar refractivity (Wildman–Crippen MR) is 296 cm³/mol. The second-order valence-corrected chi connectivity index (χ2v) is 19.6. The van der Waals surface area contributed by atoms with Crippen molar-refractivity contribution in [3.05, 3.63) is 226 Å². The zero-order chi connectivity index (χ0) is 49.6. The van der Waals surface area contributed by atoms with Crippen LogP contribution in [0.25, 0.3) is 55.4 Å². The fraction of sp³-hybridized carbons (Fsp3) is 0.115. The zero-order valence-electron chi connectivity index (χ0n) is 39.8. The smallest absolute Gasteiger partial charge is 0.328 e. The van der Waals surface area contributed by atoms with Crippen molar-refractivity contribution in [3.63, 3.8) is 0 Å². The lowest BCUT2D eigenvalue weighted by Crippen LogP contribution is -2.55. The first-order valence-electron chi connectivity index (χ1n) is 24.7. The number of hydrogen-bond donors (Lipinski definition) is 0. The van der Waals surface area contributed by atoms with Crippen molar-refractivity contribution in [2.24, 2.45) is 0 Å². The Balaban J connectivity index is 1.43. The van der Waals surface area contributed by atoms with E-state index in [0.29, 0.717) is 42.9 Å². The van der Waals surface area contributed by atoms with Crippen LogP contribution in [0.5, 0.6) is 0 Å². The van der Waals surface area contributed by atoms with Gasteiger partial charge in [-0.05, 0) is 55.5 Å². The maximum absolute atomic E-state index is 12.1. The Kier molecular flexibility index (Phi) is 12.2. The van der Waals surface area contributed by atoms with Gasteiger partial charge in [-0.25, -0.2) is 9.97 Å². The molecule has 0 spiro atoms. The lowest BCUT2D eigenvalue weighted by molar-refractivity contribution is 0.436. The van der Waals surface area contributed by atoms with Gasteiger partial charge in [0.2, 0.25) is 11.8 Å². The third-order valence-electron chi connectivity index (χ3n) is 14.4. The topological polar surface area (TPSA) is 110 Å². The molecule has 11 aromatic rings. The van der Waals surface area contributed by atoms with Crippen molar-refractivity contribution in [1.29, 1.82) is 10.5 Å². The number of rotatable bonds is 10. The van der Waals surface area contributed by atoms with Gasteiger partial charge < -0.3 is 17.8 Å². The SMILES string of the molecule is Cc1ccccc1-c1c2/c(=C(\C#N)c3nc4ccc(Cl)cc4o3)n(B(c3ccccc3)c3ccccc3)c(C3CCCCC3)c2/c(=C(\C#N)c2nc3ccc(Cl)cc3o2)n1B(c1ccccc1)c1ccccc1. The molecule has 0 amide bonds. The second-order valence-electron chi connectivity index (χ2n) is 18.8. The van der Waals surface area contributed by atoms with Gasteiger partial charge >= 0.3 is 13.7 Å². The summed E-state index contributed by atoms with van der Waals surface area (Å²) in [6, 6.07) is 66.2. The Bertz CT molecular complexity index is 3910. The van der Waals surface area contributed by atoms with Gasteiger partial charge in [0.1, 0.15) is 34.3 Å². The predicted octanol–water partition coefficient (Wildman–Crippen LogP) is 10.8. The third kappa shape index (κ3) is 8.14. The lowest BCUT2D eigenvalue weighted by atomic mass is 9.49. The molecule has 0 aliphatic heterocycles. The fourth-order valence-electron chi connectivity index (χ4n) is 11.3. The summed E-state index contributed by atoms with van der Waals surface area (Å²) in [5.74, 6) is 0.294. The van der Waals surface area contributed by atoms with E-state index in [9.17, 15) is 10.5 Å². The highest BCUT2D eigenvalue weighted by Crippen LogP contribution is 2.41. The largest absolute Gasteiger partial charge is 0.435 e. The van der Waals surface area contributed by atoms with Crippen LogP contribution in [-0.2, 0) is 0 Å². The average Bonchev–Trinajstić information content (AvgIpc) is 4.20. The molecule has 0 N–H and O–H groups in total. The first kappa shape index (κ1) is 45.8. The highest BCUT2D eigenvalue weighted by molar-refractivity contribution is 6.85. The molecular formula is C61H44B2Cl2N6O2. The summed E-state index contributed by atoms with van der Waals surface area (Å²) in [6.07, 6.45) is 4.88. The molecule has 0 bridgehead atoms. The van der Waals surface area contributed by atoms with E-state index >= 15 is 0 Å². The minimum Gasteiger partial charge on any atom is -0.435 e. The Morgan fingerprint density at radius 3 is 1.41 bits per heavy atom. The van der Waals surface area contributed by atoms with Crippen molar-refractivity contribution in [2.45, 2.75) is 44.9 Å². The summed E-state index contributed by atoms with van der Waals surface area (Å²) in [5, 5.41) is 28.0. The van der Waals surface area contributed by atoms with Gasteiger partial charge in [0.25, 0.3) is 0 Å². The molecular weight excluding hydrogens is 941 g/mol. The molecule has 1 saturated carbocycles. The van der Waals surface area contributed by atoms with E-state index in [1.807, 2.05) is 42.5 Å². The lowest BCUT2D eigenvalue weighted by Gasteiger charge is -2.29. The number of hydrogen-bond acceptors (Lipinski definition) is 6. The number of nitrogens with zero attached hydrogens (tertiary/aromatic N) is 6. The van der Waals surface area contributed by atoms with Crippen LogP contribution < -0.4 is 32.5 Å². The van der Waals surface area contributed by atoms with E-state index in [-0.39, 0.29) is 28.8 Å². The Morgan fingerprint density at radius 2 is 0.959 bits per heavy atom. The molecule has 4 heterocycles. The van der Waals surface area contributed by atoms with Crippen LogP contribution in [0.15, 0.2) is 191 Å². The molecule has 0 atom stereocenters. The molecule has 73 heavy (non-hydrogen) atoms. The van der Waals surface area contributed by atoms with Crippen LogP contribution in [0.1, 0.15) is 61.1 Å². The van der Waals surface area contributed by atoms with Gasteiger partial charge in [-0.15, -0.1) is 0 Å². The highest BCUT2D eigenvalue weighted by Gasteiger charge is 2.39. The number of benzene rings is 7. The summed E-state index contributed by atoms with van der Waals surface area (Å²) in [5.41, 5.74) is 10.3. The van der Waals surface area contributed by atoms with Crippen molar-refractivity contribution in [2.75, 3.05) is 0 Å². The third-order valence-corrected chi connectivity index (χ3v) is 14.9. The highest BCUT2D eigenvalue weighted by atomic mass is 35.5. The van der Waals surface area contributed by atoms with E-state index in [2.05, 4.69) is 143 Å². The maximum atomic E-state index is 12.1. The van der Waals surface area contributed by atoms with E-state index in [1.54, 1.807) is 24.3 Å². The first-order chi connectivity index (χ1) is 35.9. The maximum Gasteiger partial charge on any atom is 0.328 e. The molecule has 0 saturated heterocycles. The van der Waals surface area contributed by atoms with Gasteiger partial charge in [-0.2, -0.15) is 10.5 Å². The van der Waals surface area contributed by atoms with Crippen molar-refractivity contribution in [1.82, 2.24) is 18.9 Å². The molecule has 12 heteroatoms. The van der Waals surface area contributed by atoms with Gasteiger partial charge in [0.05, 0.1) is 10.7 Å². The molecule has 0 unspecified atom stereocenters. The van der Waals surface area contributed by atoms with Crippen molar-refractivity contribution >= 4 is 103 Å². The van der Waals surface area contributed by atoms with E-state index in [0.717, 1.165) is 87.2 Å². The van der Waals surface area contributed by atoms with E-state index in [4.69, 9.17) is 42.0 Å². The van der Waals surface area contributed by atoms with E-state index in [1.165, 1.54) is 0 Å². The summed E-state index contributed by atoms with van der Waals surface area (Å²) in [7, 11) is 0. The summed E-state index contributed by atoms with van der Waals surface area (Å²) in [6.45, 7) is 1.14. The van der Waals surface area contributed by atoms with Gasteiger partial charge in [0, 0.05) is 49.9 Å². The van der Waals surface area contributed by atoms with Crippen LogP contribution in [0, 0.1) is 29.6 Å². The fourth-order valence-corrected chi connectivity index (χ4v) is 11.6. The average molecular weight is 986 g/mol. The van der Waals surface area contributed by atoms with Crippen LogP contribution in [0.4, 0.5) is 0 Å². The molecule has 1 aliphatic rings. The van der Waals surface area contributed by atoms with Crippen LogP contribution in [0.3, 0.4) is 0 Å². The monoisotopic (exact) mass is 984 g/mol. The van der Waals surface area contributed by atoms with Gasteiger partial charge in [-0.1, -0.05) is 210 Å². The zero-order valence-corrected chi connectivity index (χ0v) is 41.4. The summed E-state index contributed by atoms with van der Waals surface area (Å²) < 4.78 is 18.2. The standard InChI is InChI=1S/C61H44B2Cl2N6O2/c1-39-19-17-18-30-47(39)57-55-54(58(48(37-66)60-68-50-33-31-45(64)35-52(50)72-60)71(57)63(43-26-13-5-14-27-43)44-28-15-6-16-29-44)56(40-20-7-2-8-21-40)70(62(41-22-9-3-10-23-41)42-24-11-4-12-25-42)59(55)49(38-67)61-69-51-34-32-46(65)36-53(51)73-61/h3-6,9-19,22-36,40H,2,7-8,20-21H2,1H3/b58-48-,59-49-.